The Labute approximate surface area is 203 Å². The van der Waals surface area contributed by atoms with Crippen LogP contribution in [-0.2, 0) is 13.6 Å². The molecular formula is C27H28N6O2. The van der Waals surface area contributed by atoms with Crippen molar-refractivity contribution in [1.29, 1.82) is 0 Å². The number of carbonyl (C=O) groups excluding carboxylic acids is 1. The standard InChI is InChI=1S/C27H28N6O2/c1-16-11-23-21(24-22(25(28)31-23)14-30-32(24)4)12-20(16)26(34)33(19-7-8-19)15-18-6-5-17(13-29-18)9-10-27(2,3)35/h5-6,11-14,19,35H,7-8,15H2,1-4H3,(H2,28,31). The highest BCUT2D eigenvalue weighted by atomic mass is 16.3. The first-order valence-electron chi connectivity index (χ1n) is 11.6. The summed E-state index contributed by atoms with van der Waals surface area (Å²) in [5, 5.41) is 15.8. The largest absolute Gasteiger partial charge is 0.383 e. The molecule has 0 aliphatic heterocycles. The van der Waals surface area contributed by atoms with Crippen molar-refractivity contribution in [3.63, 3.8) is 0 Å². The van der Waals surface area contributed by atoms with Crippen LogP contribution in [0.3, 0.4) is 0 Å². The van der Waals surface area contributed by atoms with Crippen molar-refractivity contribution < 1.29 is 9.90 Å². The molecule has 1 fully saturated rings. The monoisotopic (exact) mass is 468 g/mol. The number of nitrogen functional groups attached to an aromatic ring is 1. The van der Waals surface area contributed by atoms with E-state index >= 15 is 0 Å². The second-order valence-electron chi connectivity index (χ2n) is 9.72. The fraction of sp³-hybridized carbons (Fsp3) is 0.333. The van der Waals surface area contributed by atoms with E-state index in [2.05, 4.69) is 26.9 Å². The number of pyridine rings is 2. The summed E-state index contributed by atoms with van der Waals surface area (Å²) in [5.41, 5.74) is 9.71. The zero-order chi connectivity index (χ0) is 24.9. The third-order valence-corrected chi connectivity index (χ3v) is 6.20. The molecule has 1 aromatic carbocycles. The van der Waals surface area contributed by atoms with Crippen LogP contribution in [0.1, 0.15) is 53.9 Å². The lowest BCUT2D eigenvalue weighted by atomic mass is 10.0. The molecule has 0 bridgehead atoms. The van der Waals surface area contributed by atoms with Gasteiger partial charge in [0.05, 0.1) is 34.9 Å². The SMILES string of the molecule is Cc1cc2nc(N)c3cnn(C)c3c2cc1C(=O)N(Cc1ccc(C#CC(C)(C)O)cn1)C1CC1. The number of fused-ring (bicyclic) bond motifs is 3. The molecule has 0 atom stereocenters. The number of nitrogens with two attached hydrogens (primary N) is 1. The maximum Gasteiger partial charge on any atom is 0.254 e. The number of nitrogens with zero attached hydrogens (tertiary/aromatic N) is 5. The summed E-state index contributed by atoms with van der Waals surface area (Å²) in [4.78, 5) is 24.7. The maximum absolute atomic E-state index is 13.8. The van der Waals surface area contributed by atoms with Gasteiger partial charge in [-0.05, 0) is 63.4 Å². The van der Waals surface area contributed by atoms with Gasteiger partial charge in [-0.3, -0.25) is 14.5 Å². The van der Waals surface area contributed by atoms with E-state index in [9.17, 15) is 9.90 Å². The normalized spacial score (nSPS) is 13.6. The average Bonchev–Trinajstić information content (AvgIpc) is 3.57. The van der Waals surface area contributed by atoms with Gasteiger partial charge >= 0.3 is 0 Å². The number of amides is 1. The molecule has 8 nitrogen and oxygen atoms in total. The molecule has 8 heteroatoms. The van der Waals surface area contributed by atoms with Gasteiger partial charge in [0, 0.05) is 35.8 Å². The molecule has 3 N–H and O–H groups in total. The van der Waals surface area contributed by atoms with Crippen LogP contribution in [0, 0.1) is 18.8 Å². The molecule has 0 unspecified atom stereocenters. The van der Waals surface area contributed by atoms with Gasteiger partial charge in [-0.1, -0.05) is 11.8 Å². The molecule has 1 amide bonds. The van der Waals surface area contributed by atoms with Crippen molar-refractivity contribution in [1.82, 2.24) is 24.6 Å². The van der Waals surface area contributed by atoms with Gasteiger partial charge < -0.3 is 15.7 Å². The predicted octanol–water partition coefficient (Wildman–Crippen LogP) is 3.33. The first kappa shape index (κ1) is 22.8. The molecule has 0 saturated heterocycles. The number of hydrogen-bond donors (Lipinski definition) is 2. The van der Waals surface area contributed by atoms with Gasteiger partial charge in [0.25, 0.3) is 5.91 Å². The lowest BCUT2D eigenvalue weighted by molar-refractivity contribution is 0.0727. The van der Waals surface area contributed by atoms with Crippen LogP contribution in [0.25, 0.3) is 21.8 Å². The van der Waals surface area contributed by atoms with E-state index < -0.39 is 5.60 Å². The first-order valence-corrected chi connectivity index (χ1v) is 11.6. The van der Waals surface area contributed by atoms with Crippen LogP contribution in [0.4, 0.5) is 5.82 Å². The number of aromatic nitrogens is 4. The molecule has 178 valence electrons. The molecule has 3 heterocycles. The lowest BCUT2D eigenvalue weighted by Gasteiger charge is -2.23. The summed E-state index contributed by atoms with van der Waals surface area (Å²) in [7, 11) is 1.86. The molecule has 0 spiro atoms. The Kier molecular flexibility index (Phi) is 5.45. The minimum absolute atomic E-state index is 0.0215. The van der Waals surface area contributed by atoms with E-state index in [1.165, 1.54) is 0 Å². The second-order valence-corrected chi connectivity index (χ2v) is 9.72. The number of hydrogen-bond acceptors (Lipinski definition) is 6. The summed E-state index contributed by atoms with van der Waals surface area (Å²) in [5.74, 6) is 6.13. The number of aryl methyl sites for hydroxylation is 2. The Hall–Kier alpha value is -3.96. The quantitative estimate of drug-likeness (QED) is 0.445. The number of rotatable bonds is 4. The van der Waals surface area contributed by atoms with Crippen molar-refractivity contribution in [2.45, 2.75) is 51.8 Å². The Morgan fingerprint density at radius 1 is 1.26 bits per heavy atom. The van der Waals surface area contributed by atoms with Gasteiger partial charge in [-0.15, -0.1) is 0 Å². The van der Waals surface area contributed by atoms with E-state index in [1.807, 2.05) is 43.1 Å². The molecule has 4 aromatic rings. The zero-order valence-electron chi connectivity index (χ0n) is 20.3. The third kappa shape index (κ3) is 4.55. The third-order valence-electron chi connectivity index (χ3n) is 6.20. The van der Waals surface area contributed by atoms with Gasteiger partial charge in [0.1, 0.15) is 11.4 Å². The van der Waals surface area contributed by atoms with E-state index in [1.54, 1.807) is 30.9 Å². The highest BCUT2D eigenvalue weighted by Crippen LogP contribution is 2.33. The summed E-state index contributed by atoms with van der Waals surface area (Å²) in [6.07, 6.45) is 5.35. The second kappa shape index (κ2) is 8.36. The predicted molar refractivity (Wildman–Crippen MR) is 135 cm³/mol. The topological polar surface area (TPSA) is 110 Å². The van der Waals surface area contributed by atoms with Crippen LogP contribution >= 0.6 is 0 Å². The van der Waals surface area contributed by atoms with Gasteiger partial charge in [-0.2, -0.15) is 5.10 Å². The van der Waals surface area contributed by atoms with Gasteiger partial charge in [-0.25, -0.2) is 4.98 Å². The number of aliphatic hydroxyl groups is 1. The number of anilines is 1. The van der Waals surface area contributed by atoms with E-state index in [4.69, 9.17) is 5.73 Å². The zero-order valence-corrected chi connectivity index (χ0v) is 20.3. The van der Waals surface area contributed by atoms with Crippen molar-refractivity contribution in [3.8, 4) is 11.8 Å². The lowest BCUT2D eigenvalue weighted by Crippen LogP contribution is -2.33. The highest BCUT2D eigenvalue weighted by molar-refractivity contribution is 6.10. The molecule has 1 aliphatic carbocycles. The fourth-order valence-corrected chi connectivity index (χ4v) is 4.24. The van der Waals surface area contributed by atoms with Crippen LogP contribution in [-0.4, -0.2) is 47.3 Å². The van der Waals surface area contributed by atoms with Crippen molar-refractivity contribution in [2.75, 3.05) is 5.73 Å². The van der Waals surface area contributed by atoms with Crippen LogP contribution in [0.2, 0.25) is 0 Å². The average molecular weight is 469 g/mol. The maximum atomic E-state index is 13.8. The molecule has 1 aliphatic rings. The molecular weight excluding hydrogens is 440 g/mol. The van der Waals surface area contributed by atoms with Crippen LogP contribution < -0.4 is 5.73 Å². The Balaban J connectivity index is 1.48. The summed E-state index contributed by atoms with van der Waals surface area (Å²) in [6, 6.07) is 7.80. The molecule has 0 radical (unpaired) electrons. The van der Waals surface area contributed by atoms with E-state index in [0.717, 1.165) is 51.5 Å². The number of benzene rings is 1. The Morgan fingerprint density at radius 2 is 2.03 bits per heavy atom. The summed E-state index contributed by atoms with van der Waals surface area (Å²) in [6.45, 7) is 5.62. The minimum atomic E-state index is -1.06. The van der Waals surface area contributed by atoms with E-state index in [-0.39, 0.29) is 11.9 Å². The van der Waals surface area contributed by atoms with Gasteiger partial charge in [0.2, 0.25) is 0 Å². The molecule has 5 rings (SSSR count). The summed E-state index contributed by atoms with van der Waals surface area (Å²) < 4.78 is 1.77. The summed E-state index contributed by atoms with van der Waals surface area (Å²) >= 11 is 0. The molecule has 35 heavy (non-hydrogen) atoms. The van der Waals surface area contributed by atoms with Crippen molar-refractivity contribution >= 4 is 33.5 Å². The highest BCUT2D eigenvalue weighted by Gasteiger charge is 2.34. The molecule has 1 saturated carbocycles. The Morgan fingerprint density at radius 3 is 2.69 bits per heavy atom. The minimum Gasteiger partial charge on any atom is -0.383 e. The van der Waals surface area contributed by atoms with Crippen molar-refractivity contribution in [3.05, 3.63) is 59.0 Å². The Bertz CT molecular complexity index is 1520. The van der Waals surface area contributed by atoms with Crippen LogP contribution in [0.15, 0.2) is 36.7 Å². The smallest absolute Gasteiger partial charge is 0.254 e. The first-order chi connectivity index (χ1) is 16.6. The van der Waals surface area contributed by atoms with Crippen LogP contribution in [0.5, 0.6) is 0 Å². The fourth-order valence-electron chi connectivity index (χ4n) is 4.24. The van der Waals surface area contributed by atoms with Gasteiger partial charge in [0.15, 0.2) is 0 Å². The molecule has 3 aromatic heterocycles. The van der Waals surface area contributed by atoms with Crippen molar-refractivity contribution in [2.24, 2.45) is 7.05 Å². The van der Waals surface area contributed by atoms with E-state index in [0.29, 0.717) is 17.9 Å². The number of carbonyl (C=O) groups is 1.